The van der Waals surface area contributed by atoms with Crippen molar-refractivity contribution in [2.75, 3.05) is 26.2 Å². The SMILES string of the molecule is CC(C)S(=O)(=O)N1CCC2(CCCN(CC3CC3)C2=O)C1. The van der Waals surface area contributed by atoms with E-state index in [1.165, 1.54) is 12.8 Å². The molecule has 0 radical (unpaired) electrons. The van der Waals surface area contributed by atoms with Gasteiger partial charge in [-0.25, -0.2) is 12.7 Å². The van der Waals surface area contributed by atoms with Gasteiger partial charge in [-0.05, 0) is 51.9 Å². The van der Waals surface area contributed by atoms with E-state index < -0.39 is 20.7 Å². The first-order chi connectivity index (χ1) is 9.85. The van der Waals surface area contributed by atoms with E-state index in [0.29, 0.717) is 25.4 Å². The van der Waals surface area contributed by atoms with E-state index >= 15 is 0 Å². The van der Waals surface area contributed by atoms with Crippen LogP contribution in [0.3, 0.4) is 0 Å². The smallest absolute Gasteiger partial charge is 0.230 e. The van der Waals surface area contributed by atoms with E-state index in [0.717, 1.165) is 25.9 Å². The lowest BCUT2D eigenvalue weighted by Crippen LogP contribution is -2.51. The quantitative estimate of drug-likeness (QED) is 0.789. The second kappa shape index (κ2) is 5.23. The first kappa shape index (κ1) is 15.3. The zero-order valence-electron chi connectivity index (χ0n) is 13.0. The van der Waals surface area contributed by atoms with Crippen molar-refractivity contribution >= 4 is 15.9 Å². The normalized spacial score (nSPS) is 31.6. The van der Waals surface area contributed by atoms with Crippen LogP contribution < -0.4 is 0 Å². The summed E-state index contributed by atoms with van der Waals surface area (Å²) in [7, 11) is -3.24. The van der Waals surface area contributed by atoms with Gasteiger partial charge < -0.3 is 4.90 Å². The number of rotatable bonds is 4. The van der Waals surface area contributed by atoms with Gasteiger partial charge in [0.25, 0.3) is 0 Å². The maximum Gasteiger partial charge on any atom is 0.230 e. The molecule has 1 atom stereocenters. The Morgan fingerprint density at radius 3 is 2.57 bits per heavy atom. The van der Waals surface area contributed by atoms with Crippen molar-refractivity contribution in [1.29, 1.82) is 0 Å². The number of likely N-dealkylation sites (tertiary alicyclic amines) is 1. The minimum atomic E-state index is -3.24. The first-order valence-corrected chi connectivity index (χ1v) is 9.64. The van der Waals surface area contributed by atoms with Gasteiger partial charge in [-0.3, -0.25) is 4.79 Å². The zero-order valence-corrected chi connectivity index (χ0v) is 13.9. The number of sulfonamides is 1. The summed E-state index contributed by atoms with van der Waals surface area (Å²) >= 11 is 0. The lowest BCUT2D eigenvalue weighted by Gasteiger charge is -2.39. The summed E-state index contributed by atoms with van der Waals surface area (Å²) in [5, 5.41) is -0.408. The second-order valence-electron chi connectivity index (χ2n) is 7.26. The number of hydrogen-bond acceptors (Lipinski definition) is 3. The number of piperidine rings is 1. The minimum Gasteiger partial charge on any atom is -0.342 e. The predicted octanol–water partition coefficient (Wildman–Crippen LogP) is 1.45. The Balaban J connectivity index is 1.74. The summed E-state index contributed by atoms with van der Waals surface area (Å²) in [6, 6.07) is 0. The molecule has 120 valence electrons. The Hall–Kier alpha value is -0.620. The molecule has 5 nitrogen and oxygen atoms in total. The van der Waals surface area contributed by atoms with Crippen LogP contribution in [0.4, 0.5) is 0 Å². The molecule has 6 heteroatoms. The van der Waals surface area contributed by atoms with E-state index in [2.05, 4.69) is 0 Å². The van der Waals surface area contributed by atoms with Crippen LogP contribution in [0.15, 0.2) is 0 Å². The number of carbonyl (C=O) groups excluding carboxylic acids is 1. The molecule has 1 aliphatic carbocycles. The number of amides is 1. The van der Waals surface area contributed by atoms with Crippen LogP contribution >= 0.6 is 0 Å². The number of carbonyl (C=O) groups is 1. The van der Waals surface area contributed by atoms with Crippen molar-refractivity contribution in [3.05, 3.63) is 0 Å². The second-order valence-corrected chi connectivity index (χ2v) is 9.74. The van der Waals surface area contributed by atoms with E-state index in [-0.39, 0.29) is 5.91 Å². The average Bonchev–Trinajstić information content (AvgIpc) is 3.13. The highest BCUT2D eigenvalue weighted by molar-refractivity contribution is 7.89. The fourth-order valence-electron chi connectivity index (χ4n) is 3.67. The highest BCUT2D eigenvalue weighted by Gasteiger charge is 2.51. The molecule has 3 rings (SSSR count). The third-order valence-electron chi connectivity index (χ3n) is 5.27. The molecule has 0 bridgehead atoms. The predicted molar refractivity (Wildman–Crippen MR) is 81.2 cm³/mol. The van der Waals surface area contributed by atoms with E-state index in [1.807, 2.05) is 4.90 Å². The van der Waals surface area contributed by atoms with Crippen LogP contribution in [-0.2, 0) is 14.8 Å². The molecule has 0 aromatic heterocycles. The largest absolute Gasteiger partial charge is 0.342 e. The van der Waals surface area contributed by atoms with Crippen LogP contribution in [0.1, 0.15) is 46.0 Å². The lowest BCUT2D eigenvalue weighted by atomic mass is 9.78. The zero-order chi connectivity index (χ0) is 15.3. The van der Waals surface area contributed by atoms with Crippen molar-refractivity contribution < 1.29 is 13.2 Å². The van der Waals surface area contributed by atoms with Crippen molar-refractivity contribution in [1.82, 2.24) is 9.21 Å². The molecule has 0 N–H and O–H groups in total. The number of nitrogens with zero attached hydrogens (tertiary/aromatic N) is 2. The average molecular weight is 314 g/mol. The molecule has 1 unspecified atom stereocenters. The molecule has 0 aromatic carbocycles. The molecule has 21 heavy (non-hydrogen) atoms. The molecule has 2 aliphatic heterocycles. The number of hydrogen-bond donors (Lipinski definition) is 0. The highest BCUT2D eigenvalue weighted by Crippen LogP contribution is 2.42. The standard InChI is InChI=1S/C15H26N2O3S/c1-12(2)21(19,20)17-9-7-15(11-17)6-3-8-16(14(15)18)10-13-4-5-13/h12-13H,3-11H2,1-2H3. The Bertz CT molecular complexity index is 527. The first-order valence-electron chi connectivity index (χ1n) is 8.13. The monoisotopic (exact) mass is 314 g/mol. The van der Waals surface area contributed by atoms with Crippen molar-refractivity contribution in [2.45, 2.75) is 51.2 Å². The van der Waals surface area contributed by atoms with Crippen molar-refractivity contribution in [3.63, 3.8) is 0 Å². The van der Waals surface area contributed by atoms with Crippen LogP contribution in [0.2, 0.25) is 0 Å². The third-order valence-corrected chi connectivity index (χ3v) is 7.50. The Morgan fingerprint density at radius 2 is 1.95 bits per heavy atom. The fourth-order valence-corrected chi connectivity index (χ4v) is 5.04. The van der Waals surface area contributed by atoms with Gasteiger partial charge in [-0.1, -0.05) is 0 Å². The van der Waals surface area contributed by atoms with Gasteiger partial charge in [0.15, 0.2) is 0 Å². The summed E-state index contributed by atoms with van der Waals surface area (Å²) in [6.07, 6.45) is 5.03. The van der Waals surface area contributed by atoms with Gasteiger partial charge >= 0.3 is 0 Å². The summed E-state index contributed by atoms with van der Waals surface area (Å²) < 4.78 is 26.2. The summed E-state index contributed by atoms with van der Waals surface area (Å²) in [4.78, 5) is 14.9. The molecule has 2 saturated heterocycles. The van der Waals surface area contributed by atoms with E-state index in [4.69, 9.17) is 0 Å². The molecular weight excluding hydrogens is 288 g/mol. The summed E-state index contributed by atoms with van der Waals surface area (Å²) in [5.74, 6) is 0.906. The molecule has 1 spiro atoms. The molecule has 2 heterocycles. The molecule has 3 fully saturated rings. The van der Waals surface area contributed by atoms with Crippen LogP contribution in [0, 0.1) is 11.3 Å². The van der Waals surface area contributed by atoms with E-state index in [9.17, 15) is 13.2 Å². The molecular formula is C15H26N2O3S. The maximum absolute atomic E-state index is 12.9. The van der Waals surface area contributed by atoms with Gasteiger partial charge in [0, 0.05) is 26.2 Å². The lowest BCUT2D eigenvalue weighted by molar-refractivity contribution is -0.145. The van der Waals surface area contributed by atoms with Gasteiger partial charge in [0.05, 0.1) is 10.7 Å². The third kappa shape index (κ3) is 2.72. The molecule has 1 saturated carbocycles. The van der Waals surface area contributed by atoms with Crippen molar-refractivity contribution in [2.24, 2.45) is 11.3 Å². The summed E-state index contributed by atoms with van der Waals surface area (Å²) in [5.41, 5.74) is -0.435. The van der Waals surface area contributed by atoms with Gasteiger partial charge in [-0.2, -0.15) is 0 Å². The molecule has 0 aromatic rings. The van der Waals surface area contributed by atoms with Crippen LogP contribution in [0.25, 0.3) is 0 Å². The van der Waals surface area contributed by atoms with Gasteiger partial charge in [0.1, 0.15) is 0 Å². The van der Waals surface area contributed by atoms with E-state index in [1.54, 1.807) is 18.2 Å². The van der Waals surface area contributed by atoms with Gasteiger partial charge in [-0.15, -0.1) is 0 Å². The highest BCUT2D eigenvalue weighted by atomic mass is 32.2. The molecule has 1 amide bonds. The maximum atomic E-state index is 12.9. The van der Waals surface area contributed by atoms with Crippen LogP contribution in [0.5, 0.6) is 0 Å². The molecule has 3 aliphatic rings. The fraction of sp³-hybridized carbons (Fsp3) is 0.933. The summed E-state index contributed by atoms with van der Waals surface area (Å²) in [6.45, 7) is 6.06. The Labute approximate surface area is 127 Å². The Kier molecular flexibility index (Phi) is 3.81. The van der Waals surface area contributed by atoms with Gasteiger partial charge in [0.2, 0.25) is 15.9 Å². The minimum absolute atomic E-state index is 0.210. The van der Waals surface area contributed by atoms with Crippen molar-refractivity contribution in [3.8, 4) is 0 Å². The Morgan fingerprint density at radius 1 is 1.24 bits per heavy atom. The van der Waals surface area contributed by atoms with Crippen LogP contribution in [-0.4, -0.2) is 55.0 Å². The topological polar surface area (TPSA) is 57.7 Å².